The molecular weight excluding hydrogens is 306 g/mol. The molecule has 2 aromatic heterocycles. The molecule has 3 rings (SSSR count). The number of fused-ring (bicyclic) bond motifs is 1. The lowest BCUT2D eigenvalue weighted by Crippen LogP contribution is -2.17. The number of amides is 1. The first kappa shape index (κ1) is 15.7. The molecule has 0 aliphatic heterocycles. The number of methoxy groups -OCH3 is 1. The Morgan fingerprint density at radius 3 is 2.79 bits per heavy atom. The highest BCUT2D eigenvalue weighted by atomic mass is 16.5. The van der Waals surface area contributed by atoms with Gasteiger partial charge in [0.05, 0.1) is 24.5 Å². The Labute approximate surface area is 139 Å². The summed E-state index contributed by atoms with van der Waals surface area (Å²) in [5.74, 6) is 1.15. The number of carbonyl (C=O) groups excluding carboxylic acids is 1. The van der Waals surface area contributed by atoms with Crippen LogP contribution in [0.4, 0.5) is 11.6 Å². The van der Waals surface area contributed by atoms with E-state index in [1.54, 1.807) is 31.8 Å². The van der Waals surface area contributed by atoms with Crippen LogP contribution in [0.15, 0.2) is 48.9 Å². The molecule has 7 nitrogen and oxygen atoms in total. The minimum absolute atomic E-state index is 0.104. The second kappa shape index (κ2) is 7.36. The fraction of sp³-hybridized carbons (Fsp3) is 0.176. The molecular formula is C17H17N5O2. The molecule has 0 bridgehead atoms. The summed E-state index contributed by atoms with van der Waals surface area (Å²) in [7, 11) is 1.62. The minimum atomic E-state index is -0.104. The van der Waals surface area contributed by atoms with Crippen molar-refractivity contribution >= 4 is 28.4 Å². The van der Waals surface area contributed by atoms with E-state index in [0.29, 0.717) is 24.6 Å². The first-order chi connectivity index (χ1) is 11.7. The number of pyridine rings is 1. The maximum atomic E-state index is 12.0. The van der Waals surface area contributed by atoms with Crippen molar-refractivity contribution in [2.45, 2.75) is 6.42 Å². The Morgan fingerprint density at radius 1 is 1.17 bits per heavy atom. The number of hydrogen-bond donors (Lipinski definition) is 2. The zero-order valence-corrected chi connectivity index (χ0v) is 13.2. The first-order valence-corrected chi connectivity index (χ1v) is 7.49. The van der Waals surface area contributed by atoms with Gasteiger partial charge in [-0.05, 0) is 24.3 Å². The summed E-state index contributed by atoms with van der Waals surface area (Å²) < 4.78 is 5.17. The molecule has 3 aromatic rings. The van der Waals surface area contributed by atoms with Crippen LogP contribution >= 0.6 is 0 Å². The molecule has 0 unspecified atom stereocenters. The summed E-state index contributed by atoms with van der Waals surface area (Å²) in [6.07, 6.45) is 5.22. The lowest BCUT2D eigenvalue weighted by molar-refractivity contribution is -0.115. The average molecular weight is 323 g/mol. The van der Waals surface area contributed by atoms with Crippen LogP contribution in [0.3, 0.4) is 0 Å². The molecule has 7 heteroatoms. The third kappa shape index (κ3) is 3.95. The van der Waals surface area contributed by atoms with Crippen molar-refractivity contribution in [1.29, 1.82) is 0 Å². The number of benzene rings is 1. The fourth-order valence-electron chi connectivity index (χ4n) is 2.20. The summed E-state index contributed by atoms with van der Waals surface area (Å²) in [5, 5.41) is 6.76. The van der Waals surface area contributed by atoms with E-state index in [9.17, 15) is 4.79 Å². The molecule has 0 saturated heterocycles. The number of ether oxygens (including phenoxy) is 1. The number of aromatic nitrogens is 3. The van der Waals surface area contributed by atoms with Crippen molar-refractivity contribution < 1.29 is 9.53 Å². The van der Waals surface area contributed by atoms with Gasteiger partial charge >= 0.3 is 0 Å². The SMILES string of the molecule is COc1ccc2cc(NC(=O)CCNc3ncccn3)cnc2c1. The molecule has 1 aromatic carbocycles. The van der Waals surface area contributed by atoms with E-state index in [1.807, 2.05) is 24.3 Å². The lowest BCUT2D eigenvalue weighted by atomic mass is 10.2. The Morgan fingerprint density at radius 2 is 2.00 bits per heavy atom. The van der Waals surface area contributed by atoms with Gasteiger partial charge in [-0.1, -0.05) is 0 Å². The van der Waals surface area contributed by atoms with Crippen molar-refractivity contribution in [3.8, 4) is 5.75 Å². The molecule has 2 heterocycles. The maximum Gasteiger partial charge on any atom is 0.226 e. The van der Waals surface area contributed by atoms with Gasteiger partial charge in [0.25, 0.3) is 0 Å². The number of carbonyl (C=O) groups is 1. The lowest BCUT2D eigenvalue weighted by Gasteiger charge is -2.08. The average Bonchev–Trinajstić information content (AvgIpc) is 2.62. The summed E-state index contributed by atoms with van der Waals surface area (Å²) in [5.41, 5.74) is 1.48. The predicted molar refractivity (Wildman–Crippen MR) is 92.1 cm³/mol. The Balaban J connectivity index is 1.57. The van der Waals surface area contributed by atoms with Crippen LogP contribution in [0.5, 0.6) is 5.75 Å². The number of anilines is 2. The van der Waals surface area contributed by atoms with Crippen LogP contribution in [0.2, 0.25) is 0 Å². The molecule has 0 fully saturated rings. The summed E-state index contributed by atoms with van der Waals surface area (Å²) in [6, 6.07) is 9.24. The van der Waals surface area contributed by atoms with E-state index >= 15 is 0 Å². The van der Waals surface area contributed by atoms with Gasteiger partial charge in [-0.25, -0.2) is 9.97 Å². The second-order valence-electron chi connectivity index (χ2n) is 5.08. The summed E-state index contributed by atoms with van der Waals surface area (Å²) in [6.45, 7) is 0.452. The zero-order valence-electron chi connectivity index (χ0n) is 13.2. The molecule has 122 valence electrons. The molecule has 0 saturated carbocycles. The summed E-state index contributed by atoms with van der Waals surface area (Å²) >= 11 is 0. The number of hydrogen-bond acceptors (Lipinski definition) is 6. The first-order valence-electron chi connectivity index (χ1n) is 7.49. The quantitative estimate of drug-likeness (QED) is 0.724. The van der Waals surface area contributed by atoms with Crippen molar-refractivity contribution in [1.82, 2.24) is 15.0 Å². The molecule has 0 aliphatic rings. The Bertz CT molecular complexity index is 839. The smallest absolute Gasteiger partial charge is 0.226 e. The van der Waals surface area contributed by atoms with Gasteiger partial charge in [0.2, 0.25) is 11.9 Å². The van der Waals surface area contributed by atoms with E-state index in [2.05, 4.69) is 25.6 Å². The van der Waals surface area contributed by atoms with E-state index in [1.165, 1.54) is 0 Å². The van der Waals surface area contributed by atoms with Gasteiger partial charge in [0.15, 0.2) is 0 Å². The van der Waals surface area contributed by atoms with Crippen molar-refractivity contribution in [3.05, 3.63) is 48.9 Å². The van der Waals surface area contributed by atoms with Crippen LogP contribution < -0.4 is 15.4 Å². The van der Waals surface area contributed by atoms with Crippen LogP contribution in [0, 0.1) is 0 Å². The van der Waals surface area contributed by atoms with Crippen LogP contribution in [0.1, 0.15) is 6.42 Å². The third-order valence-electron chi connectivity index (χ3n) is 3.38. The van der Waals surface area contributed by atoms with Crippen LogP contribution in [-0.2, 0) is 4.79 Å². The number of nitrogens with one attached hydrogen (secondary N) is 2. The molecule has 0 atom stereocenters. The molecule has 0 radical (unpaired) electrons. The fourth-order valence-corrected chi connectivity index (χ4v) is 2.20. The monoisotopic (exact) mass is 323 g/mol. The Hall–Kier alpha value is -3.22. The molecule has 0 aliphatic carbocycles. The van der Waals surface area contributed by atoms with Crippen LogP contribution in [-0.4, -0.2) is 34.5 Å². The summed E-state index contributed by atoms with van der Waals surface area (Å²) in [4.78, 5) is 24.4. The molecule has 2 N–H and O–H groups in total. The largest absolute Gasteiger partial charge is 0.497 e. The van der Waals surface area contributed by atoms with E-state index in [4.69, 9.17) is 4.74 Å². The van der Waals surface area contributed by atoms with Crippen molar-refractivity contribution in [3.63, 3.8) is 0 Å². The van der Waals surface area contributed by atoms with E-state index in [0.717, 1.165) is 16.7 Å². The topological polar surface area (TPSA) is 89.0 Å². The maximum absolute atomic E-state index is 12.0. The minimum Gasteiger partial charge on any atom is -0.497 e. The van der Waals surface area contributed by atoms with Crippen molar-refractivity contribution in [2.24, 2.45) is 0 Å². The highest BCUT2D eigenvalue weighted by molar-refractivity contribution is 5.93. The third-order valence-corrected chi connectivity index (χ3v) is 3.38. The van der Waals surface area contributed by atoms with Gasteiger partial charge in [0, 0.05) is 36.8 Å². The molecule has 0 spiro atoms. The number of rotatable bonds is 6. The second-order valence-corrected chi connectivity index (χ2v) is 5.08. The van der Waals surface area contributed by atoms with E-state index in [-0.39, 0.29) is 5.91 Å². The predicted octanol–water partition coefficient (Wildman–Crippen LogP) is 2.47. The highest BCUT2D eigenvalue weighted by Crippen LogP contribution is 2.21. The highest BCUT2D eigenvalue weighted by Gasteiger charge is 2.05. The standard InChI is InChI=1S/C17H17N5O2/c1-24-14-4-3-12-9-13(11-21-15(12)10-14)22-16(23)5-8-20-17-18-6-2-7-19-17/h2-4,6-7,9-11H,5,8H2,1H3,(H,22,23)(H,18,19,20). The van der Waals surface area contributed by atoms with Gasteiger partial charge < -0.3 is 15.4 Å². The Kier molecular flexibility index (Phi) is 4.81. The van der Waals surface area contributed by atoms with E-state index < -0.39 is 0 Å². The van der Waals surface area contributed by atoms with Crippen molar-refractivity contribution in [2.75, 3.05) is 24.3 Å². The van der Waals surface area contributed by atoms with Crippen LogP contribution in [0.25, 0.3) is 10.9 Å². The van der Waals surface area contributed by atoms with Gasteiger partial charge in [-0.15, -0.1) is 0 Å². The molecule has 1 amide bonds. The van der Waals surface area contributed by atoms with Gasteiger partial charge in [-0.3, -0.25) is 9.78 Å². The zero-order chi connectivity index (χ0) is 16.8. The normalized spacial score (nSPS) is 10.4. The molecule has 24 heavy (non-hydrogen) atoms. The van der Waals surface area contributed by atoms with Gasteiger partial charge in [0.1, 0.15) is 5.75 Å². The number of nitrogens with zero attached hydrogens (tertiary/aromatic N) is 3. The van der Waals surface area contributed by atoms with Gasteiger partial charge in [-0.2, -0.15) is 0 Å².